The molecule has 0 amide bonds. The molecule has 2 aliphatic carbocycles. The van der Waals surface area contributed by atoms with Crippen LogP contribution in [0.1, 0.15) is 0 Å². The fraction of sp³-hybridized carbons (Fsp3) is 0.182. The van der Waals surface area contributed by atoms with Crippen LogP contribution in [-0.4, -0.2) is 14.1 Å². The minimum atomic E-state index is -0.826. The van der Waals surface area contributed by atoms with Crippen molar-refractivity contribution in [1.29, 1.82) is 0 Å². The van der Waals surface area contributed by atoms with E-state index in [9.17, 15) is 0 Å². The average molecular weight is 321 g/mol. The van der Waals surface area contributed by atoms with Crippen LogP contribution in [0, 0.1) is 31.1 Å². The molecule has 15 heavy (non-hydrogen) atoms. The van der Waals surface area contributed by atoms with Crippen molar-refractivity contribution in [2.24, 2.45) is 0 Å². The van der Waals surface area contributed by atoms with Crippen molar-refractivity contribution in [3.63, 3.8) is 0 Å². The molecule has 0 saturated heterocycles. The van der Waals surface area contributed by atoms with E-state index in [2.05, 4.69) is 48.9 Å². The summed E-state index contributed by atoms with van der Waals surface area (Å²) in [5, 5.41) is 3.50. The molecule has 4 heteroatoms. The van der Waals surface area contributed by atoms with Crippen LogP contribution in [0.15, 0.2) is 24.3 Å². The maximum absolute atomic E-state index is 4.93. The predicted molar refractivity (Wildman–Crippen MR) is 64.6 cm³/mol. The average Bonchev–Trinajstić information content (AvgIpc) is 2.67. The first-order chi connectivity index (χ1) is 7.29. The van der Waals surface area contributed by atoms with Crippen molar-refractivity contribution in [2.75, 3.05) is 14.1 Å². The van der Waals surface area contributed by atoms with Gasteiger partial charge >= 0.3 is 37.9 Å². The Bertz CT molecular complexity index is 175. The predicted octanol–water partition coefficient (Wildman–Crippen LogP) is 3.88. The van der Waals surface area contributed by atoms with Gasteiger partial charge in [-0.3, -0.25) is 0 Å². The van der Waals surface area contributed by atoms with Crippen LogP contribution in [0.3, 0.4) is 0 Å². The molecular formula is C11H13Cl2NZr+. The van der Waals surface area contributed by atoms with E-state index in [1.165, 1.54) is 11.8 Å². The molecule has 0 bridgehead atoms. The van der Waals surface area contributed by atoms with E-state index in [1.807, 2.05) is 0 Å². The SMILES string of the molecule is C[N-]C.[CH]1[CH][C]2C=CC=C[C]2[CH]1.[Cl][Zr+2][Cl]. The van der Waals surface area contributed by atoms with Gasteiger partial charge in [-0.25, -0.2) is 0 Å². The second kappa shape index (κ2) is 11.4. The van der Waals surface area contributed by atoms with Crippen LogP contribution in [0.25, 0.3) is 5.32 Å². The molecule has 1 nitrogen and oxygen atoms in total. The first-order valence-corrected chi connectivity index (χ1v) is 10.7. The molecular weight excluding hydrogens is 308 g/mol. The third kappa shape index (κ3) is 7.74. The molecule has 0 unspecified atom stereocenters. The van der Waals surface area contributed by atoms with Gasteiger partial charge in [0.15, 0.2) is 0 Å². The van der Waals surface area contributed by atoms with Gasteiger partial charge in [-0.1, -0.05) is 24.3 Å². The Morgan fingerprint density at radius 3 is 1.67 bits per heavy atom. The molecule has 0 spiro atoms. The Morgan fingerprint density at radius 1 is 1.00 bits per heavy atom. The maximum atomic E-state index is 4.93. The van der Waals surface area contributed by atoms with Gasteiger partial charge in [-0.2, -0.15) is 14.1 Å². The summed E-state index contributed by atoms with van der Waals surface area (Å²) in [6.07, 6.45) is 14.7. The van der Waals surface area contributed by atoms with E-state index in [-0.39, 0.29) is 0 Å². The summed E-state index contributed by atoms with van der Waals surface area (Å²) in [6.45, 7) is 0. The molecule has 0 atom stereocenters. The van der Waals surface area contributed by atoms with Crippen molar-refractivity contribution in [1.82, 2.24) is 0 Å². The summed E-state index contributed by atoms with van der Waals surface area (Å²) in [7, 11) is 13.4. The van der Waals surface area contributed by atoms with Crippen LogP contribution < -0.4 is 0 Å². The van der Waals surface area contributed by atoms with E-state index in [0.717, 1.165) is 0 Å². The summed E-state index contributed by atoms with van der Waals surface area (Å²) in [5.74, 6) is 2.66. The molecule has 0 heterocycles. The summed E-state index contributed by atoms with van der Waals surface area (Å²) < 4.78 is 0. The number of hydrogen-bond donors (Lipinski definition) is 0. The number of fused-ring (bicyclic) bond motifs is 1. The van der Waals surface area contributed by atoms with Gasteiger partial charge in [0.25, 0.3) is 0 Å². The number of halogens is 2. The number of nitrogens with zero attached hydrogens (tertiary/aromatic N) is 1. The van der Waals surface area contributed by atoms with E-state index < -0.39 is 20.8 Å². The molecule has 2 aliphatic rings. The first-order valence-electron chi connectivity index (χ1n) is 4.34. The third-order valence-corrected chi connectivity index (χ3v) is 1.55. The molecule has 0 aromatic rings. The summed E-state index contributed by atoms with van der Waals surface area (Å²) in [5.41, 5.74) is 0. The first kappa shape index (κ1) is 15.9. The Morgan fingerprint density at radius 2 is 1.33 bits per heavy atom. The Labute approximate surface area is 112 Å². The van der Waals surface area contributed by atoms with Crippen molar-refractivity contribution in [3.8, 4) is 0 Å². The van der Waals surface area contributed by atoms with E-state index >= 15 is 0 Å². The second-order valence-corrected chi connectivity index (χ2v) is 6.41. The van der Waals surface area contributed by atoms with E-state index in [1.54, 1.807) is 14.1 Å². The van der Waals surface area contributed by atoms with Crippen LogP contribution in [-0.2, 0) is 20.8 Å². The molecule has 1 saturated carbocycles. The number of hydrogen-bond acceptors (Lipinski definition) is 0. The Balaban J connectivity index is 0.000000280. The van der Waals surface area contributed by atoms with Gasteiger partial charge in [-0.05, 0) is 19.3 Å². The monoisotopic (exact) mass is 319 g/mol. The fourth-order valence-corrected chi connectivity index (χ4v) is 1.07. The topological polar surface area (TPSA) is 14.1 Å². The molecule has 0 aromatic carbocycles. The van der Waals surface area contributed by atoms with Gasteiger partial charge in [0.1, 0.15) is 0 Å². The van der Waals surface area contributed by atoms with Crippen molar-refractivity contribution < 1.29 is 20.8 Å². The zero-order valence-electron chi connectivity index (χ0n) is 8.74. The Hall–Kier alpha value is 0.903. The van der Waals surface area contributed by atoms with E-state index in [0.29, 0.717) is 0 Å². The molecule has 0 aliphatic heterocycles. The standard InChI is InChI=1S/C9H7.C2H6N.2ClH.Zr/c1-2-5-9-7-3-6-8(9)4-1;1-3-2;;;/h1-7H;1-2H3;2*1H;/q;-1;;;+4/p-2. The van der Waals surface area contributed by atoms with Crippen LogP contribution >= 0.6 is 17.0 Å². The number of allylic oxidation sites excluding steroid dienone is 4. The van der Waals surface area contributed by atoms with Gasteiger partial charge < -0.3 is 5.32 Å². The van der Waals surface area contributed by atoms with Crippen molar-refractivity contribution in [2.45, 2.75) is 0 Å². The summed E-state index contributed by atoms with van der Waals surface area (Å²) >= 11 is -0.826. The van der Waals surface area contributed by atoms with Crippen LogP contribution in [0.5, 0.6) is 0 Å². The van der Waals surface area contributed by atoms with Crippen molar-refractivity contribution >= 4 is 17.0 Å². The van der Waals surface area contributed by atoms with Gasteiger partial charge in [0.05, 0.1) is 0 Å². The van der Waals surface area contributed by atoms with Gasteiger partial charge in [0, 0.05) is 11.8 Å². The summed E-state index contributed by atoms with van der Waals surface area (Å²) in [6, 6.07) is 0. The van der Waals surface area contributed by atoms with Gasteiger partial charge in [-0.15, -0.1) is 0 Å². The van der Waals surface area contributed by atoms with Crippen LogP contribution in [0.2, 0.25) is 0 Å². The van der Waals surface area contributed by atoms with Crippen LogP contribution in [0.4, 0.5) is 0 Å². The second-order valence-electron chi connectivity index (χ2n) is 2.67. The molecule has 2 rings (SSSR count). The zero-order chi connectivity index (χ0) is 11.5. The molecule has 5 radical (unpaired) electrons. The summed E-state index contributed by atoms with van der Waals surface area (Å²) in [4.78, 5) is 0. The molecule has 0 N–H and O–H groups in total. The number of rotatable bonds is 0. The minimum absolute atomic E-state index is 0.826. The normalized spacial score (nSPS) is 18.1. The molecule has 1 fully saturated rings. The zero-order valence-corrected chi connectivity index (χ0v) is 12.7. The van der Waals surface area contributed by atoms with E-state index in [4.69, 9.17) is 17.0 Å². The van der Waals surface area contributed by atoms with Crippen molar-refractivity contribution in [3.05, 3.63) is 60.7 Å². The Kier molecular flexibility index (Phi) is 12.1. The fourth-order valence-electron chi connectivity index (χ4n) is 1.07. The quantitative estimate of drug-likeness (QED) is 0.643. The van der Waals surface area contributed by atoms with Gasteiger partial charge in [0.2, 0.25) is 0 Å². The molecule has 79 valence electrons. The third-order valence-electron chi connectivity index (χ3n) is 1.55. The molecule has 0 aromatic heterocycles.